The third-order valence-electron chi connectivity index (χ3n) is 2.52. The monoisotopic (exact) mass is 297 g/mol. The van der Waals surface area contributed by atoms with E-state index >= 15 is 0 Å². The van der Waals surface area contributed by atoms with E-state index in [1.165, 1.54) is 6.07 Å². The molecule has 0 aliphatic rings. The zero-order chi connectivity index (χ0) is 13.0. The molecule has 0 spiro atoms. The van der Waals surface area contributed by atoms with Crippen molar-refractivity contribution < 1.29 is 4.92 Å². The quantitative estimate of drug-likeness (QED) is 0.633. The minimum Gasteiger partial charge on any atom is -0.287 e. The Kier molecular flexibility index (Phi) is 4.61. The highest BCUT2D eigenvalue weighted by atomic mass is 79.9. The van der Waals surface area contributed by atoms with E-state index < -0.39 is 4.92 Å². The Labute approximate surface area is 108 Å². The maximum Gasteiger partial charge on any atom is 0.283 e. The van der Waals surface area contributed by atoms with Crippen molar-refractivity contribution in [2.45, 2.75) is 19.5 Å². The second-order valence-electron chi connectivity index (χ2n) is 3.73. The first-order chi connectivity index (χ1) is 7.97. The summed E-state index contributed by atoms with van der Waals surface area (Å²) in [6.45, 7) is 2.27. The Morgan fingerprint density at radius 1 is 1.65 bits per heavy atom. The van der Waals surface area contributed by atoms with E-state index in [2.05, 4.69) is 22.0 Å². The van der Waals surface area contributed by atoms with Crippen LogP contribution in [-0.4, -0.2) is 22.9 Å². The van der Waals surface area contributed by atoms with Crippen LogP contribution in [0.1, 0.15) is 12.5 Å². The minimum absolute atomic E-state index is 0.0421. The number of hydrogen-bond donors (Lipinski definition) is 0. The smallest absolute Gasteiger partial charge is 0.283 e. The van der Waals surface area contributed by atoms with E-state index in [9.17, 15) is 10.1 Å². The lowest BCUT2D eigenvalue weighted by molar-refractivity contribution is -0.385. The number of nitro benzene ring substituents is 1. The Morgan fingerprint density at radius 2 is 2.29 bits per heavy atom. The number of nitro groups is 1. The highest BCUT2D eigenvalue weighted by Crippen LogP contribution is 2.29. The SMILES string of the molecule is CC(C#N)N(C)Cc1cccc([N+](=O)[O-])c1Br. The average molecular weight is 298 g/mol. The summed E-state index contributed by atoms with van der Waals surface area (Å²) in [6.07, 6.45) is 0. The highest BCUT2D eigenvalue weighted by molar-refractivity contribution is 9.10. The molecule has 17 heavy (non-hydrogen) atoms. The topological polar surface area (TPSA) is 70.2 Å². The zero-order valence-corrected chi connectivity index (χ0v) is 11.1. The molecule has 0 fully saturated rings. The van der Waals surface area contributed by atoms with Gasteiger partial charge in [-0.25, -0.2) is 0 Å². The molecule has 0 aliphatic heterocycles. The molecule has 5 nitrogen and oxygen atoms in total. The summed E-state index contributed by atoms with van der Waals surface area (Å²) in [5, 5.41) is 19.5. The van der Waals surface area contributed by atoms with Gasteiger partial charge in [-0.3, -0.25) is 15.0 Å². The van der Waals surface area contributed by atoms with Crippen molar-refractivity contribution >= 4 is 21.6 Å². The zero-order valence-electron chi connectivity index (χ0n) is 9.55. The van der Waals surface area contributed by atoms with Crippen molar-refractivity contribution in [2.24, 2.45) is 0 Å². The van der Waals surface area contributed by atoms with E-state index in [1.807, 2.05) is 4.90 Å². The van der Waals surface area contributed by atoms with Gasteiger partial charge in [0, 0.05) is 12.6 Å². The van der Waals surface area contributed by atoms with Crippen LogP contribution in [-0.2, 0) is 6.54 Å². The maximum absolute atomic E-state index is 10.8. The van der Waals surface area contributed by atoms with Crippen LogP contribution in [0.3, 0.4) is 0 Å². The standard InChI is InChI=1S/C11H12BrN3O2/c1-8(6-13)14(2)7-9-4-3-5-10(11(9)12)15(16)17/h3-5,8H,7H2,1-2H3. The molecule has 1 unspecified atom stereocenters. The molecule has 0 amide bonds. The van der Waals surface area contributed by atoms with Crippen LogP contribution < -0.4 is 0 Å². The predicted octanol–water partition coefficient (Wildman–Crippen LogP) is 2.70. The molecule has 6 heteroatoms. The third kappa shape index (κ3) is 3.25. The molecule has 0 saturated carbocycles. The van der Waals surface area contributed by atoms with Crippen LogP contribution in [0.25, 0.3) is 0 Å². The molecule has 0 N–H and O–H groups in total. The van der Waals surface area contributed by atoms with Gasteiger partial charge in [-0.05, 0) is 35.5 Å². The van der Waals surface area contributed by atoms with Crippen molar-refractivity contribution in [3.8, 4) is 6.07 Å². The van der Waals surface area contributed by atoms with Crippen LogP contribution in [0.4, 0.5) is 5.69 Å². The molecule has 0 aliphatic carbocycles. The summed E-state index contributed by atoms with van der Waals surface area (Å²) in [7, 11) is 1.80. The van der Waals surface area contributed by atoms with E-state index in [0.717, 1.165) is 5.56 Å². The number of benzene rings is 1. The molecule has 90 valence electrons. The molecule has 1 aromatic rings. The van der Waals surface area contributed by atoms with Crippen molar-refractivity contribution in [1.29, 1.82) is 5.26 Å². The van der Waals surface area contributed by atoms with Gasteiger partial charge >= 0.3 is 0 Å². The van der Waals surface area contributed by atoms with Crippen molar-refractivity contribution in [2.75, 3.05) is 7.05 Å². The fourth-order valence-electron chi connectivity index (χ4n) is 1.33. The number of nitrogens with zero attached hydrogens (tertiary/aromatic N) is 3. The minimum atomic E-state index is -0.429. The third-order valence-corrected chi connectivity index (χ3v) is 3.44. The first-order valence-corrected chi connectivity index (χ1v) is 5.78. The van der Waals surface area contributed by atoms with Crippen molar-refractivity contribution in [1.82, 2.24) is 4.90 Å². The van der Waals surface area contributed by atoms with Gasteiger partial charge < -0.3 is 0 Å². The van der Waals surface area contributed by atoms with Gasteiger partial charge in [0.05, 0.1) is 21.5 Å². The van der Waals surface area contributed by atoms with Gasteiger partial charge in [0.15, 0.2) is 0 Å². The molecule has 1 aromatic carbocycles. The number of rotatable bonds is 4. The van der Waals surface area contributed by atoms with E-state index in [4.69, 9.17) is 5.26 Å². The first kappa shape index (κ1) is 13.6. The van der Waals surface area contributed by atoms with Gasteiger partial charge in [-0.15, -0.1) is 0 Å². The number of halogens is 1. The van der Waals surface area contributed by atoms with Gasteiger partial charge in [-0.2, -0.15) is 5.26 Å². The summed E-state index contributed by atoms with van der Waals surface area (Å²) >= 11 is 3.23. The first-order valence-electron chi connectivity index (χ1n) is 4.99. The van der Waals surface area contributed by atoms with Gasteiger partial charge in [-0.1, -0.05) is 12.1 Å². The van der Waals surface area contributed by atoms with E-state index in [-0.39, 0.29) is 11.7 Å². The molecule has 1 atom stereocenters. The van der Waals surface area contributed by atoms with E-state index in [1.54, 1.807) is 26.1 Å². The second-order valence-corrected chi connectivity index (χ2v) is 4.52. The lowest BCUT2D eigenvalue weighted by Crippen LogP contribution is -2.27. The Morgan fingerprint density at radius 3 is 2.82 bits per heavy atom. The van der Waals surface area contributed by atoms with Gasteiger partial charge in [0.2, 0.25) is 0 Å². The van der Waals surface area contributed by atoms with Crippen molar-refractivity contribution in [3.05, 3.63) is 38.3 Å². The van der Waals surface area contributed by atoms with Crippen LogP contribution in [0.5, 0.6) is 0 Å². The molecular formula is C11H12BrN3O2. The second kappa shape index (κ2) is 5.75. The van der Waals surface area contributed by atoms with Gasteiger partial charge in [0.25, 0.3) is 5.69 Å². The highest BCUT2D eigenvalue weighted by Gasteiger charge is 2.17. The summed E-state index contributed by atoms with van der Waals surface area (Å²) < 4.78 is 0.474. The molecular weight excluding hydrogens is 286 g/mol. The summed E-state index contributed by atoms with van der Waals surface area (Å²) in [5.74, 6) is 0. The summed E-state index contributed by atoms with van der Waals surface area (Å²) in [4.78, 5) is 12.2. The Balaban J connectivity index is 2.97. The fraction of sp³-hybridized carbons (Fsp3) is 0.364. The number of nitriles is 1. The predicted molar refractivity (Wildman–Crippen MR) is 67.3 cm³/mol. The lowest BCUT2D eigenvalue weighted by Gasteiger charge is -2.19. The largest absolute Gasteiger partial charge is 0.287 e. The average Bonchev–Trinajstić information content (AvgIpc) is 2.30. The molecule has 0 saturated heterocycles. The maximum atomic E-state index is 10.8. The molecule has 1 rings (SSSR count). The normalized spacial score (nSPS) is 12.2. The van der Waals surface area contributed by atoms with Gasteiger partial charge in [0.1, 0.15) is 0 Å². The molecule has 0 radical (unpaired) electrons. The molecule has 0 heterocycles. The van der Waals surface area contributed by atoms with Crippen LogP contribution in [0, 0.1) is 21.4 Å². The Hall–Kier alpha value is -1.45. The molecule has 0 aromatic heterocycles. The molecule has 0 bridgehead atoms. The van der Waals surface area contributed by atoms with Crippen LogP contribution in [0.15, 0.2) is 22.7 Å². The van der Waals surface area contributed by atoms with Crippen molar-refractivity contribution in [3.63, 3.8) is 0 Å². The summed E-state index contributed by atoms with van der Waals surface area (Å²) in [6, 6.07) is 6.77. The number of hydrogen-bond acceptors (Lipinski definition) is 4. The van der Waals surface area contributed by atoms with E-state index in [0.29, 0.717) is 11.0 Å². The summed E-state index contributed by atoms with van der Waals surface area (Å²) in [5.41, 5.74) is 0.837. The Bertz CT molecular complexity index is 470. The van der Waals surface area contributed by atoms with Crippen LogP contribution >= 0.6 is 15.9 Å². The lowest BCUT2D eigenvalue weighted by atomic mass is 10.2. The fourth-order valence-corrected chi connectivity index (χ4v) is 1.87. The van der Waals surface area contributed by atoms with Crippen LogP contribution in [0.2, 0.25) is 0 Å².